The first-order valence-corrected chi connectivity index (χ1v) is 11.8. The normalized spacial score (nSPS) is 16.9. The van der Waals surface area contributed by atoms with E-state index in [1.54, 1.807) is 6.92 Å². The number of sulfonamides is 1. The van der Waals surface area contributed by atoms with Gasteiger partial charge in [-0.25, -0.2) is 21.6 Å². The first kappa shape index (κ1) is 22.4. The van der Waals surface area contributed by atoms with E-state index in [9.17, 15) is 26.4 Å². The highest BCUT2D eigenvalue weighted by Crippen LogP contribution is 2.38. The summed E-state index contributed by atoms with van der Waals surface area (Å²) in [5, 5.41) is 10.5. The molecule has 4 rings (SSSR count). The number of halogens is 3. The van der Waals surface area contributed by atoms with Gasteiger partial charge in [0.2, 0.25) is 15.0 Å². The zero-order chi connectivity index (χ0) is 23.0. The van der Waals surface area contributed by atoms with E-state index in [0.29, 0.717) is 23.4 Å². The van der Waals surface area contributed by atoms with E-state index >= 15 is 0 Å². The molecule has 1 N–H and O–H groups in total. The Hall–Kier alpha value is -2.83. The summed E-state index contributed by atoms with van der Waals surface area (Å²) in [7, 11) is -4.00. The zero-order valence-corrected chi connectivity index (χ0v) is 18.3. The molecule has 12 heteroatoms. The molecule has 1 saturated heterocycles. The number of nitrogens with zero attached hydrogens (tertiary/aromatic N) is 3. The van der Waals surface area contributed by atoms with Gasteiger partial charge in [-0.2, -0.15) is 4.31 Å². The molecule has 0 bridgehead atoms. The van der Waals surface area contributed by atoms with Crippen LogP contribution in [0.4, 0.5) is 18.9 Å². The smallest absolute Gasteiger partial charge is 0.286 e. The molecule has 1 aliphatic rings. The maximum atomic E-state index is 13.7. The summed E-state index contributed by atoms with van der Waals surface area (Å²) in [6.45, 7) is 1.81. The Morgan fingerprint density at radius 3 is 2.66 bits per heavy atom. The third-order valence-corrected chi connectivity index (χ3v) is 8.11. The fourth-order valence-electron chi connectivity index (χ4n) is 3.47. The lowest BCUT2D eigenvalue weighted by Crippen LogP contribution is -2.31. The van der Waals surface area contributed by atoms with Crippen LogP contribution in [0.3, 0.4) is 0 Å². The highest BCUT2D eigenvalue weighted by Gasteiger charge is 2.39. The Morgan fingerprint density at radius 1 is 1.12 bits per heavy atom. The minimum atomic E-state index is -4.00. The lowest BCUT2D eigenvalue weighted by atomic mass is 10.2. The van der Waals surface area contributed by atoms with Gasteiger partial charge in [-0.3, -0.25) is 4.79 Å². The Bertz CT molecular complexity index is 1300. The fraction of sp³-hybridized carbons (Fsp3) is 0.250. The van der Waals surface area contributed by atoms with Gasteiger partial charge >= 0.3 is 0 Å². The third-order valence-electron chi connectivity index (χ3n) is 5.04. The van der Waals surface area contributed by atoms with Crippen molar-refractivity contribution in [2.24, 2.45) is 0 Å². The van der Waals surface area contributed by atoms with Gasteiger partial charge in [0.15, 0.2) is 11.6 Å². The van der Waals surface area contributed by atoms with Gasteiger partial charge in [0.05, 0.1) is 10.9 Å². The van der Waals surface area contributed by atoms with Crippen LogP contribution in [0.5, 0.6) is 0 Å². The molecule has 1 amide bonds. The average Bonchev–Trinajstić information content (AvgIpc) is 3.42. The number of amides is 1. The summed E-state index contributed by atoms with van der Waals surface area (Å²) in [5.74, 6) is -3.50. The van der Waals surface area contributed by atoms with Crippen LogP contribution >= 0.6 is 11.3 Å². The summed E-state index contributed by atoms with van der Waals surface area (Å²) in [5.41, 5.74) is 0.457. The minimum absolute atomic E-state index is 0.0392. The monoisotopic (exact) mass is 482 g/mol. The molecule has 0 radical (unpaired) electrons. The van der Waals surface area contributed by atoms with E-state index in [1.165, 1.54) is 22.5 Å². The lowest BCUT2D eigenvalue weighted by molar-refractivity contribution is 0.102. The van der Waals surface area contributed by atoms with Crippen LogP contribution in [-0.4, -0.2) is 35.4 Å². The summed E-state index contributed by atoms with van der Waals surface area (Å²) in [6.07, 6.45) is 1.03. The van der Waals surface area contributed by atoms with E-state index in [-0.39, 0.29) is 22.1 Å². The number of aromatic nitrogens is 2. The summed E-state index contributed by atoms with van der Waals surface area (Å²) < 4.78 is 67.8. The van der Waals surface area contributed by atoms with Crippen LogP contribution in [-0.2, 0) is 10.0 Å². The molecule has 1 fully saturated rings. The topological polar surface area (TPSA) is 92.3 Å². The van der Waals surface area contributed by atoms with Gasteiger partial charge in [0, 0.05) is 18.3 Å². The van der Waals surface area contributed by atoms with Crippen molar-refractivity contribution in [3.8, 4) is 0 Å². The van der Waals surface area contributed by atoms with Crippen molar-refractivity contribution in [2.45, 2.75) is 30.7 Å². The fourth-order valence-corrected chi connectivity index (χ4v) is 6.32. The van der Waals surface area contributed by atoms with Crippen molar-refractivity contribution in [2.75, 3.05) is 11.9 Å². The number of anilines is 1. The molecule has 0 unspecified atom stereocenters. The molecular weight excluding hydrogens is 465 g/mol. The van der Waals surface area contributed by atoms with Crippen molar-refractivity contribution in [1.29, 1.82) is 0 Å². The molecule has 32 heavy (non-hydrogen) atoms. The molecule has 2 heterocycles. The molecule has 0 saturated carbocycles. The molecular formula is C20H17F3N4O3S2. The van der Waals surface area contributed by atoms with E-state index in [4.69, 9.17) is 0 Å². The third kappa shape index (κ3) is 4.25. The molecule has 7 nitrogen and oxygen atoms in total. The largest absolute Gasteiger partial charge is 0.320 e. The molecule has 168 valence electrons. The Balaban J connectivity index is 1.57. The van der Waals surface area contributed by atoms with Gasteiger partial charge < -0.3 is 5.32 Å². The number of aryl methyl sites for hydroxylation is 1. The average molecular weight is 483 g/mol. The molecule has 2 aromatic carbocycles. The van der Waals surface area contributed by atoms with Crippen LogP contribution in [0.25, 0.3) is 0 Å². The van der Waals surface area contributed by atoms with Crippen LogP contribution in [0, 0.1) is 24.4 Å². The minimum Gasteiger partial charge on any atom is -0.320 e. The molecule has 3 aromatic rings. The predicted molar refractivity (Wildman–Crippen MR) is 111 cm³/mol. The predicted octanol–water partition coefficient (Wildman–Crippen LogP) is 4.04. The van der Waals surface area contributed by atoms with Gasteiger partial charge in [0.1, 0.15) is 10.8 Å². The second-order valence-electron chi connectivity index (χ2n) is 7.21. The molecule has 1 aromatic heterocycles. The molecule has 0 spiro atoms. The highest BCUT2D eigenvalue weighted by molar-refractivity contribution is 7.89. The van der Waals surface area contributed by atoms with Crippen molar-refractivity contribution >= 4 is 33.0 Å². The second-order valence-corrected chi connectivity index (χ2v) is 10.1. The van der Waals surface area contributed by atoms with Crippen molar-refractivity contribution in [3.05, 3.63) is 69.4 Å². The molecule has 1 atom stereocenters. The Labute approximate surface area is 186 Å². The maximum absolute atomic E-state index is 13.7. The summed E-state index contributed by atoms with van der Waals surface area (Å²) in [4.78, 5) is 12.3. The van der Waals surface area contributed by atoms with Crippen molar-refractivity contribution < 1.29 is 26.4 Å². The first-order valence-electron chi connectivity index (χ1n) is 9.54. The number of hydrogen-bond donors (Lipinski definition) is 1. The number of nitrogens with one attached hydrogen (secondary N) is 1. The SMILES string of the molecule is Cc1ccc(F)cc1S(=O)(=O)N1CCC[C@@H]1c1nnc(C(=O)Nc2ccc(F)c(F)c2)s1. The van der Waals surface area contributed by atoms with Crippen LogP contribution in [0.15, 0.2) is 41.3 Å². The van der Waals surface area contributed by atoms with Crippen LogP contribution in [0.2, 0.25) is 0 Å². The summed E-state index contributed by atoms with van der Waals surface area (Å²) in [6, 6.07) is 5.85. The number of carbonyl (C=O) groups is 1. The van der Waals surface area contributed by atoms with E-state index in [0.717, 1.165) is 29.5 Å². The van der Waals surface area contributed by atoms with Crippen LogP contribution < -0.4 is 5.32 Å². The number of carbonyl (C=O) groups excluding carboxylic acids is 1. The van der Waals surface area contributed by atoms with Crippen molar-refractivity contribution in [1.82, 2.24) is 14.5 Å². The first-order chi connectivity index (χ1) is 15.2. The van der Waals surface area contributed by atoms with E-state index < -0.39 is 39.4 Å². The Morgan fingerprint density at radius 2 is 1.91 bits per heavy atom. The van der Waals surface area contributed by atoms with E-state index in [2.05, 4.69) is 15.5 Å². The molecule has 0 aliphatic carbocycles. The standard InChI is InChI=1S/C20H17F3N4O3S2/c1-11-4-5-12(21)9-17(11)32(29,30)27-8-2-3-16(27)19-25-26-20(31-19)18(28)24-13-6-7-14(22)15(23)10-13/h4-7,9-10,16H,2-3,8H2,1H3,(H,24,28)/t16-/m1/s1. The second kappa shape index (κ2) is 8.60. The summed E-state index contributed by atoms with van der Waals surface area (Å²) >= 11 is 0.905. The van der Waals surface area contributed by atoms with E-state index in [1.807, 2.05) is 0 Å². The van der Waals surface area contributed by atoms with Crippen LogP contribution in [0.1, 0.15) is 39.3 Å². The Kier molecular flexibility index (Phi) is 6.01. The maximum Gasteiger partial charge on any atom is 0.286 e. The van der Waals surface area contributed by atoms with Gasteiger partial charge in [-0.05, 0) is 49.6 Å². The quantitative estimate of drug-likeness (QED) is 0.593. The number of rotatable bonds is 5. The number of benzene rings is 2. The number of hydrogen-bond acceptors (Lipinski definition) is 6. The van der Waals surface area contributed by atoms with Crippen molar-refractivity contribution in [3.63, 3.8) is 0 Å². The van der Waals surface area contributed by atoms with Gasteiger partial charge in [-0.1, -0.05) is 17.4 Å². The highest BCUT2D eigenvalue weighted by atomic mass is 32.2. The lowest BCUT2D eigenvalue weighted by Gasteiger charge is -2.23. The zero-order valence-electron chi connectivity index (χ0n) is 16.7. The molecule has 1 aliphatic heterocycles. The van der Waals surface area contributed by atoms with Gasteiger partial charge in [0.25, 0.3) is 5.91 Å². The van der Waals surface area contributed by atoms with Gasteiger partial charge in [-0.15, -0.1) is 10.2 Å².